The van der Waals surface area contributed by atoms with Crippen molar-refractivity contribution in [2.75, 3.05) is 18.0 Å². The van der Waals surface area contributed by atoms with Crippen LogP contribution in [0.5, 0.6) is 0 Å². The second kappa shape index (κ2) is 5.92. The average Bonchev–Trinajstić information content (AvgIpc) is 2.83. The Morgan fingerprint density at radius 3 is 2.47 bits per heavy atom. The third-order valence-corrected chi connectivity index (χ3v) is 3.36. The fraction of sp³-hybridized carbons (Fsp3) is 0.333. The molecule has 1 saturated heterocycles. The minimum atomic E-state index is -0.0962. The Hall–Kier alpha value is -1.76. The van der Waals surface area contributed by atoms with Crippen LogP contribution >= 0.6 is 15.9 Å². The molecule has 19 heavy (non-hydrogen) atoms. The molecule has 0 unspecified atom stereocenters. The van der Waals surface area contributed by atoms with Crippen molar-refractivity contribution in [1.29, 1.82) is 0 Å². The minimum Gasteiger partial charge on any atom is -0.370 e. The van der Waals surface area contributed by atoms with Gasteiger partial charge in [0, 0.05) is 17.6 Å². The molecule has 7 heteroatoms. The predicted molar refractivity (Wildman–Crippen MR) is 82.7 cm³/mol. The van der Waals surface area contributed by atoms with Gasteiger partial charge in [0.15, 0.2) is 5.96 Å². The molecule has 6 N–H and O–H groups in total. The first kappa shape index (κ1) is 13.7. The Labute approximate surface area is 120 Å². The lowest BCUT2D eigenvalue weighted by Crippen LogP contribution is -2.26. The second-order valence-corrected chi connectivity index (χ2v) is 5.25. The van der Waals surface area contributed by atoms with Crippen molar-refractivity contribution in [2.45, 2.75) is 12.8 Å². The van der Waals surface area contributed by atoms with E-state index in [1.54, 1.807) is 0 Å². The molecule has 0 aliphatic carbocycles. The van der Waals surface area contributed by atoms with E-state index in [0.29, 0.717) is 0 Å². The van der Waals surface area contributed by atoms with Crippen molar-refractivity contribution in [3.8, 4) is 0 Å². The highest BCUT2D eigenvalue weighted by molar-refractivity contribution is 9.10. The quantitative estimate of drug-likeness (QED) is 0.562. The number of halogens is 1. The smallest absolute Gasteiger partial charge is 0.223 e. The zero-order chi connectivity index (χ0) is 13.8. The van der Waals surface area contributed by atoms with E-state index in [1.165, 1.54) is 12.8 Å². The summed E-state index contributed by atoms with van der Waals surface area (Å²) in [7, 11) is 0. The maximum absolute atomic E-state index is 5.68. The molecular formula is C12H17BrN6. The number of hydrogen-bond acceptors (Lipinski definition) is 2. The Morgan fingerprint density at radius 1 is 1.16 bits per heavy atom. The summed E-state index contributed by atoms with van der Waals surface area (Å²) in [6.07, 6.45) is 2.39. The summed E-state index contributed by atoms with van der Waals surface area (Å²) in [5.41, 5.74) is 18.1. The summed E-state index contributed by atoms with van der Waals surface area (Å²) in [6.45, 7) is 2.06. The van der Waals surface area contributed by atoms with E-state index in [-0.39, 0.29) is 11.9 Å². The molecule has 0 atom stereocenters. The standard InChI is InChI=1S/C12H17BrN6/c13-8-3-4-9(17-12(16)18-11(14)15)10(7-8)19-5-1-2-6-19/h3-4,7H,1-2,5-6H2,(H6,14,15,16,17,18). The summed E-state index contributed by atoms with van der Waals surface area (Å²) in [5, 5.41) is 0. The molecule has 0 amide bonds. The molecule has 1 aliphatic rings. The van der Waals surface area contributed by atoms with Crippen LogP contribution in [0.2, 0.25) is 0 Å². The number of nitrogens with zero attached hydrogens (tertiary/aromatic N) is 3. The monoisotopic (exact) mass is 324 g/mol. The molecule has 6 nitrogen and oxygen atoms in total. The molecule has 1 fully saturated rings. The lowest BCUT2D eigenvalue weighted by atomic mass is 10.2. The highest BCUT2D eigenvalue weighted by Gasteiger charge is 2.16. The van der Waals surface area contributed by atoms with Gasteiger partial charge in [0.1, 0.15) is 0 Å². The van der Waals surface area contributed by atoms with Crippen LogP contribution in [0.25, 0.3) is 0 Å². The highest BCUT2D eigenvalue weighted by atomic mass is 79.9. The average molecular weight is 325 g/mol. The van der Waals surface area contributed by atoms with Crippen molar-refractivity contribution in [3.05, 3.63) is 22.7 Å². The fourth-order valence-corrected chi connectivity index (χ4v) is 2.43. The molecule has 102 valence electrons. The van der Waals surface area contributed by atoms with Crippen LogP contribution < -0.4 is 22.1 Å². The Kier molecular flexibility index (Phi) is 4.26. The number of nitrogens with two attached hydrogens (primary N) is 3. The maximum Gasteiger partial charge on any atom is 0.223 e. The van der Waals surface area contributed by atoms with E-state index in [9.17, 15) is 0 Å². The molecule has 1 aliphatic heterocycles. The number of aliphatic imine (C=N–C) groups is 2. The van der Waals surface area contributed by atoms with Gasteiger partial charge < -0.3 is 22.1 Å². The van der Waals surface area contributed by atoms with E-state index in [0.717, 1.165) is 28.9 Å². The second-order valence-electron chi connectivity index (χ2n) is 4.33. The predicted octanol–water partition coefficient (Wildman–Crippen LogP) is 1.27. The third kappa shape index (κ3) is 3.60. The van der Waals surface area contributed by atoms with E-state index in [4.69, 9.17) is 17.2 Å². The van der Waals surface area contributed by atoms with Gasteiger partial charge in [-0.3, -0.25) is 0 Å². The largest absolute Gasteiger partial charge is 0.370 e. The van der Waals surface area contributed by atoms with Crippen LogP contribution in [0.15, 0.2) is 32.7 Å². The van der Waals surface area contributed by atoms with Crippen LogP contribution in [0.3, 0.4) is 0 Å². The molecule has 0 bridgehead atoms. The SMILES string of the molecule is NC(N)=NC(N)=Nc1ccc(Br)cc1N1CCCC1. The summed E-state index contributed by atoms with van der Waals surface area (Å²) in [5.74, 6) is -0.0381. The lowest BCUT2D eigenvalue weighted by Gasteiger charge is -2.19. The van der Waals surface area contributed by atoms with Crippen LogP contribution in [0.4, 0.5) is 11.4 Å². The number of guanidine groups is 2. The first-order valence-electron chi connectivity index (χ1n) is 6.04. The van der Waals surface area contributed by atoms with E-state index >= 15 is 0 Å². The third-order valence-electron chi connectivity index (χ3n) is 2.86. The summed E-state index contributed by atoms with van der Waals surface area (Å²) in [4.78, 5) is 10.3. The molecule has 1 heterocycles. The van der Waals surface area contributed by atoms with Crippen LogP contribution in [-0.4, -0.2) is 25.0 Å². The van der Waals surface area contributed by atoms with Gasteiger partial charge in [-0.25, -0.2) is 4.99 Å². The maximum atomic E-state index is 5.68. The molecule has 1 aromatic rings. The van der Waals surface area contributed by atoms with Crippen molar-refractivity contribution < 1.29 is 0 Å². The van der Waals surface area contributed by atoms with Crippen molar-refractivity contribution in [1.82, 2.24) is 0 Å². The van der Waals surface area contributed by atoms with E-state index in [1.807, 2.05) is 18.2 Å². The number of rotatable bonds is 2. The molecule has 0 saturated carbocycles. The van der Waals surface area contributed by atoms with Crippen molar-refractivity contribution >= 4 is 39.2 Å². The van der Waals surface area contributed by atoms with Gasteiger partial charge in [-0.2, -0.15) is 4.99 Å². The number of benzene rings is 1. The van der Waals surface area contributed by atoms with E-state index in [2.05, 4.69) is 30.8 Å². The Bertz CT molecular complexity index is 515. The zero-order valence-electron chi connectivity index (χ0n) is 10.5. The first-order chi connectivity index (χ1) is 9.06. The number of hydrogen-bond donors (Lipinski definition) is 3. The van der Waals surface area contributed by atoms with Gasteiger partial charge in [-0.15, -0.1) is 0 Å². The molecule has 1 aromatic carbocycles. The number of anilines is 1. The van der Waals surface area contributed by atoms with Gasteiger partial charge >= 0.3 is 0 Å². The van der Waals surface area contributed by atoms with E-state index < -0.39 is 0 Å². The van der Waals surface area contributed by atoms with Gasteiger partial charge in [0.25, 0.3) is 0 Å². The van der Waals surface area contributed by atoms with Gasteiger partial charge in [-0.1, -0.05) is 15.9 Å². The molecule has 0 spiro atoms. The normalized spacial score (nSPS) is 15.6. The van der Waals surface area contributed by atoms with Crippen LogP contribution in [-0.2, 0) is 0 Å². The Balaban J connectivity index is 2.36. The van der Waals surface area contributed by atoms with Crippen LogP contribution in [0.1, 0.15) is 12.8 Å². The summed E-state index contributed by atoms with van der Waals surface area (Å²) < 4.78 is 1.01. The van der Waals surface area contributed by atoms with Gasteiger partial charge in [0.05, 0.1) is 11.4 Å². The first-order valence-corrected chi connectivity index (χ1v) is 6.84. The molecule has 2 rings (SSSR count). The summed E-state index contributed by atoms with van der Waals surface area (Å²) >= 11 is 3.48. The Morgan fingerprint density at radius 2 is 1.84 bits per heavy atom. The van der Waals surface area contributed by atoms with Crippen LogP contribution in [0, 0.1) is 0 Å². The minimum absolute atomic E-state index is 0.0581. The lowest BCUT2D eigenvalue weighted by molar-refractivity contribution is 0.949. The fourth-order valence-electron chi connectivity index (χ4n) is 2.08. The van der Waals surface area contributed by atoms with Crippen molar-refractivity contribution in [3.63, 3.8) is 0 Å². The highest BCUT2D eigenvalue weighted by Crippen LogP contribution is 2.33. The molecular weight excluding hydrogens is 308 g/mol. The van der Waals surface area contributed by atoms with Crippen molar-refractivity contribution in [2.24, 2.45) is 27.2 Å². The summed E-state index contributed by atoms with van der Waals surface area (Å²) in [6, 6.07) is 5.85. The molecule has 0 aromatic heterocycles. The molecule has 0 radical (unpaired) electrons. The van der Waals surface area contributed by atoms with Gasteiger partial charge in [0.2, 0.25) is 5.96 Å². The zero-order valence-corrected chi connectivity index (χ0v) is 12.1. The topological polar surface area (TPSA) is 106 Å². The van der Waals surface area contributed by atoms with Gasteiger partial charge in [-0.05, 0) is 31.0 Å².